The van der Waals surface area contributed by atoms with Crippen LogP contribution in [0, 0.1) is 0 Å². The monoisotopic (exact) mass is 263 g/mol. The van der Waals surface area contributed by atoms with Crippen LogP contribution in [0.2, 0.25) is 0 Å². The van der Waals surface area contributed by atoms with Gasteiger partial charge in [0.05, 0.1) is 6.61 Å². The Balaban J connectivity index is 1.81. The van der Waals surface area contributed by atoms with Gasteiger partial charge in [0.2, 0.25) is 0 Å². The Morgan fingerprint density at radius 1 is 1.16 bits per heavy atom. The van der Waals surface area contributed by atoms with Crippen LogP contribution in [0.15, 0.2) is 24.3 Å². The molecule has 1 aliphatic heterocycles. The predicted octanol–water partition coefficient (Wildman–Crippen LogP) is 0.988. The van der Waals surface area contributed by atoms with E-state index >= 15 is 0 Å². The SMILES string of the molecule is CCOc1ccc(CCN2CC(N)CC(N)C2)cc1. The van der Waals surface area contributed by atoms with E-state index in [1.165, 1.54) is 5.56 Å². The maximum absolute atomic E-state index is 6.00. The Morgan fingerprint density at radius 3 is 2.37 bits per heavy atom. The van der Waals surface area contributed by atoms with Crippen molar-refractivity contribution in [3.05, 3.63) is 29.8 Å². The number of nitrogens with zero attached hydrogens (tertiary/aromatic N) is 1. The third-order valence-corrected chi connectivity index (χ3v) is 3.54. The molecule has 106 valence electrons. The minimum absolute atomic E-state index is 0.226. The van der Waals surface area contributed by atoms with Crippen LogP contribution >= 0.6 is 0 Å². The van der Waals surface area contributed by atoms with Crippen LogP contribution in [0.1, 0.15) is 18.9 Å². The molecular weight excluding hydrogens is 238 g/mol. The van der Waals surface area contributed by atoms with Crippen molar-refractivity contribution in [3.63, 3.8) is 0 Å². The summed E-state index contributed by atoms with van der Waals surface area (Å²) in [6.07, 6.45) is 1.98. The molecule has 4 heteroatoms. The lowest BCUT2D eigenvalue weighted by molar-refractivity contribution is 0.192. The maximum Gasteiger partial charge on any atom is 0.119 e. The van der Waals surface area contributed by atoms with Gasteiger partial charge in [-0.3, -0.25) is 4.90 Å². The molecule has 1 aliphatic rings. The van der Waals surface area contributed by atoms with E-state index in [2.05, 4.69) is 17.0 Å². The van der Waals surface area contributed by atoms with Crippen LogP contribution in [0.5, 0.6) is 5.75 Å². The van der Waals surface area contributed by atoms with Gasteiger partial charge in [-0.05, 0) is 37.5 Å². The first kappa shape index (κ1) is 14.3. The molecule has 0 aromatic heterocycles. The van der Waals surface area contributed by atoms with Crippen molar-refractivity contribution in [2.45, 2.75) is 31.8 Å². The van der Waals surface area contributed by atoms with E-state index < -0.39 is 0 Å². The zero-order valence-corrected chi connectivity index (χ0v) is 11.7. The van der Waals surface area contributed by atoms with Crippen molar-refractivity contribution in [3.8, 4) is 5.75 Å². The van der Waals surface area contributed by atoms with E-state index in [1.54, 1.807) is 0 Å². The van der Waals surface area contributed by atoms with E-state index in [0.717, 1.165) is 38.2 Å². The zero-order chi connectivity index (χ0) is 13.7. The standard InChI is InChI=1S/C15H25N3O/c1-2-19-15-5-3-12(4-6-15)7-8-18-10-13(16)9-14(17)11-18/h3-6,13-14H,2,7-11,16-17H2,1H3. The molecule has 4 nitrogen and oxygen atoms in total. The highest BCUT2D eigenvalue weighted by Crippen LogP contribution is 2.14. The van der Waals surface area contributed by atoms with Gasteiger partial charge in [-0.2, -0.15) is 0 Å². The Hall–Kier alpha value is -1.10. The number of rotatable bonds is 5. The summed E-state index contributed by atoms with van der Waals surface area (Å²) in [5.41, 5.74) is 13.3. The van der Waals surface area contributed by atoms with Crippen LogP contribution in [0.3, 0.4) is 0 Å². The van der Waals surface area contributed by atoms with Gasteiger partial charge in [0, 0.05) is 31.7 Å². The summed E-state index contributed by atoms with van der Waals surface area (Å²) in [4.78, 5) is 2.37. The van der Waals surface area contributed by atoms with Gasteiger partial charge in [-0.25, -0.2) is 0 Å². The lowest BCUT2D eigenvalue weighted by Gasteiger charge is -2.34. The second-order valence-electron chi connectivity index (χ2n) is 5.34. The van der Waals surface area contributed by atoms with Gasteiger partial charge in [0.25, 0.3) is 0 Å². The normalized spacial score (nSPS) is 24.4. The summed E-state index contributed by atoms with van der Waals surface area (Å²) < 4.78 is 5.44. The molecule has 1 heterocycles. The molecular formula is C15H25N3O. The highest BCUT2D eigenvalue weighted by atomic mass is 16.5. The second kappa shape index (κ2) is 6.89. The molecule has 0 spiro atoms. The van der Waals surface area contributed by atoms with E-state index in [-0.39, 0.29) is 12.1 Å². The molecule has 0 radical (unpaired) electrons. The van der Waals surface area contributed by atoms with Crippen molar-refractivity contribution in [1.82, 2.24) is 4.90 Å². The summed E-state index contributed by atoms with van der Waals surface area (Å²) in [5.74, 6) is 0.938. The molecule has 2 unspecified atom stereocenters. The molecule has 19 heavy (non-hydrogen) atoms. The van der Waals surface area contributed by atoms with Gasteiger partial charge >= 0.3 is 0 Å². The number of piperidine rings is 1. The summed E-state index contributed by atoms with van der Waals surface area (Å²) in [7, 11) is 0. The quantitative estimate of drug-likeness (QED) is 0.831. The van der Waals surface area contributed by atoms with E-state index in [9.17, 15) is 0 Å². The summed E-state index contributed by atoms with van der Waals surface area (Å²) >= 11 is 0. The van der Waals surface area contributed by atoms with E-state index in [4.69, 9.17) is 16.2 Å². The first-order valence-corrected chi connectivity index (χ1v) is 7.12. The van der Waals surface area contributed by atoms with Crippen LogP contribution in [0.4, 0.5) is 0 Å². The lowest BCUT2D eigenvalue weighted by Crippen LogP contribution is -2.52. The fourth-order valence-corrected chi connectivity index (χ4v) is 2.66. The molecule has 0 bridgehead atoms. The largest absolute Gasteiger partial charge is 0.494 e. The molecule has 1 aromatic carbocycles. The van der Waals surface area contributed by atoms with Gasteiger partial charge < -0.3 is 16.2 Å². The number of benzene rings is 1. The smallest absolute Gasteiger partial charge is 0.119 e. The van der Waals surface area contributed by atoms with Gasteiger partial charge in [-0.15, -0.1) is 0 Å². The fourth-order valence-electron chi connectivity index (χ4n) is 2.66. The summed E-state index contributed by atoms with van der Waals surface area (Å²) in [5, 5.41) is 0. The highest BCUT2D eigenvalue weighted by molar-refractivity contribution is 5.27. The fraction of sp³-hybridized carbons (Fsp3) is 0.600. The van der Waals surface area contributed by atoms with Gasteiger partial charge in [0.15, 0.2) is 0 Å². The third kappa shape index (κ3) is 4.49. The van der Waals surface area contributed by atoms with E-state index in [1.807, 2.05) is 19.1 Å². The maximum atomic E-state index is 6.00. The van der Waals surface area contributed by atoms with Crippen LogP contribution in [-0.4, -0.2) is 43.2 Å². The summed E-state index contributed by atoms with van der Waals surface area (Å²) in [6, 6.07) is 8.79. The number of hydrogen-bond donors (Lipinski definition) is 2. The molecule has 2 rings (SSSR count). The van der Waals surface area contributed by atoms with Crippen molar-refractivity contribution >= 4 is 0 Å². The van der Waals surface area contributed by atoms with Crippen molar-refractivity contribution in [2.24, 2.45) is 11.5 Å². The number of likely N-dealkylation sites (tertiary alicyclic amines) is 1. The summed E-state index contributed by atoms with van der Waals surface area (Å²) in [6.45, 7) is 5.66. The molecule has 1 fully saturated rings. The molecule has 0 saturated carbocycles. The molecule has 4 N–H and O–H groups in total. The molecule has 2 atom stereocenters. The van der Waals surface area contributed by atoms with Crippen molar-refractivity contribution in [1.29, 1.82) is 0 Å². The van der Waals surface area contributed by atoms with Crippen LogP contribution in [-0.2, 0) is 6.42 Å². The second-order valence-corrected chi connectivity index (χ2v) is 5.34. The Kier molecular flexibility index (Phi) is 5.19. The third-order valence-electron chi connectivity index (χ3n) is 3.54. The highest BCUT2D eigenvalue weighted by Gasteiger charge is 2.21. The Morgan fingerprint density at radius 2 is 1.79 bits per heavy atom. The van der Waals surface area contributed by atoms with Gasteiger partial charge in [0.1, 0.15) is 5.75 Å². The van der Waals surface area contributed by atoms with Gasteiger partial charge in [-0.1, -0.05) is 12.1 Å². The topological polar surface area (TPSA) is 64.5 Å². The van der Waals surface area contributed by atoms with Crippen molar-refractivity contribution < 1.29 is 4.74 Å². The zero-order valence-electron chi connectivity index (χ0n) is 11.7. The number of hydrogen-bond acceptors (Lipinski definition) is 4. The average molecular weight is 263 g/mol. The Labute approximate surface area is 115 Å². The molecule has 0 amide bonds. The first-order valence-electron chi connectivity index (χ1n) is 7.12. The predicted molar refractivity (Wildman–Crippen MR) is 78.3 cm³/mol. The first-order chi connectivity index (χ1) is 9.17. The lowest BCUT2D eigenvalue weighted by atomic mass is 10.0. The molecule has 1 saturated heterocycles. The average Bonchev–Trinajstić information content (AvgIpc) is 2.37. The van der Waals surface area contributed by atoms with Crippen LogP contribution in [0.25, 0.3) is 0 Å². The molecule has 0 aliphatic carbocycles. The molecule has 1 aromatic rings. The van der Waals surface area contributed by atoms with E-state index in [0.29, 0.717) is 6.61 Å². The number of nitrogens with two attached hydrogens (primary N) is 2. The Bertz CT molecular complexity index is 369. The van der Waals surface area contributed by atoms with Crippen LogP contribution < -0.4 is 16.2 Å². The van der Waals surface area contributed by atoms with Crippen molar-refractivity contribution in [2.75, 3.05) is 26.2 Å². The minimum atomic E-state index is 0.226. The minimum Gasteiger partial charge on any atom is -0.494 e. The number of ether oxygens (including phenoxy) is 1.